The van der Waals surface area contributed by atoms with Crippen molar-refractivity contribution >= 4 is 5.91 Å². The van der Waals surface area contributed by atoms with Crippen LogP contribution in [-0.2, 0) is 0 Å². The van der Waals surface area contributed by atoms with Crippen molar-refractivity contribution in [1.82, 2.24) is 5.32 Å². The van der Waals surface area contributed by atoms with Crippen molar-refractivity contribution in [2.75, 3.05) is 6.54 Å². The molecule has 0 aromatic heterocycles. The van der Waals surface area contributed by atoms with Crippen LogP contribution in [0.3, 0.4) is 0 Å². The van der Waals surface area contributed by atoms with Crippen LogP contribution in [0.4, 0.5) is 0 Å². The second-order valence-corrected chi connectivity index (χ2v) is 5.06. The van der Waals surface area contributed by atoms with Crippen LogP contribution in [0.5, 0.6) is 11.5 Å². The number of hydrogen-bond acceptors (Lipinski definition) is 4. The fourth-order valence-electron chi connectivity index (χ4n) is 2.63. The van der Waals surface area contributed by atoms with Gasteiger partial charge in [-0.25, -0.2) is 0 Å². The van der Waals surface area contributed by atoms with Crippen molar-refractivity contribution < 1.29 is 15.0 Å². The zero-order valence-electron chi connectivity index (χ0n) is 10.8. The Morgan fingerprint density at radius 2 is 2.05 bits per heavy atom. The molecular formula is C14H20N2O3. The number of phenols is 2. The van der Waals surface area contributed by atoms with E-state index in [9.17, 15) is 15.0 Å². The summed E-state index contributed by atoms with van der Waals surface area (Å²) < 4.78 is 0. The fourth-order valence-corrected chi connectivity index (χ4v) is 2.63. The lowest BCUT2D eigenvalue weighted by Crippen LogP contribution is -2.44. The Hall–Kier alpha value is -1.75. The van der Waals surface area contributed by atoms with E-state index in [0.29, 0.717) is 6.54 Å². The van der Waals surface area contributed by atoms with Crippen LogP contribution >= 0.6 is 0 Å². The average Bonchev–Trinajstić information content (AvgIpc) is 2.42. The van der Waals surface area contributed by atoms with Crippen molar-refractivity contribution in [2.24, 2.45) is 11.7 Å². The van der Waals surface area contributed by atoms with Crippen LogP contribution in [-0.4, -0.2) is 28.7 Å². The Kier molecular flexibility index (Phi) is 4.27. The molecule has 2 atom stereocenters. The molecule has 2 unspecified atom stereocenters. The first-order valence-electron chi connectivity index (χ1n) is 6.64. The molecule has 1 saturated carbocycles. The topological polar surface area (TPSA) is 95.6 Å². The Morgan fingerprint density at radius 3 is 2.79 bits per heavy atom. The van der Waals surface area contributed by atoms with Crippen molar-refractivity contribution in [3.8, 4) is 11.5 Å². The van der Waals surface area contributed by atoms with Crippen LogP contribution in [0.25, 0.3) is 0 Å². The maximum Gasteiger partial charge on any atom is 0.255 e. The number of amides is 1. The summed E-state index contributed by atoms with van der Waals surface area (Å²) in [6.45, 7) is 0.553. The van der Waals surface area contributed by atoms with Gasteiger partial charge >= 0.3 is 0 Å². The maximum atomic E-state index is 12.1. The Labute approximate surface area is 112 Å². The molecule has 104 valence electrons. The van der Waals surface area contributed by atoms with E-state index >= 15 is 0 Å². The van der Waals surface area contributed by atoms with Crippen LogP contribution in [0.1, 0.15) is 36.0 Å². The van der Waals surface area contributed by atoms with Crippen molar-refractivity contribution in [3.63, 3.8) is 0 Å². The van der Waals surface area contributed by atoms with E-state index in [0.717, 1.165) is 25.7 Å². The van der Waals surface area contributed by atoms with Gasteiger partial charge in [0.1, 0.15) is 11.5 Å². The molecule has 0 aliphatic heterocycles. The van der Waals surface area contributed by atoms with Gasteiger partial charge in [-0.05, 0) is 43.5 Å². The monoisotopic (exact) mass is 264 g/mol. The zero-order valence-corrected chi connectivity index (χ0v) is 10.8. The summed E-state index contributed by atoms with van der Waals surface area (Å²) in [7, 11) is 0. The molecule has 0 heterocycles. The number of carbonyl (C=O) groups excluding carboxylic acids is 1. The van der Waals surface area contributed by atoms with Crippen LogP contribution < -0.4 is 11.1 Å². The highest BCUT2D eigenvalue weighted by Crippen LogP contribution is 2.26. The molecular weight excluding hydrogens is 244 g/mol. The molecule has 1 aliphatic carbocycles. The molecule has 5 heteroatoms. The highest BCUT2D eigenvalue weighted by atomic mass is 16.3. The smallest absolute Gasteiger partial charge is 0.255 e. The predicted molar refractivity (Wildman–Crippen MR) is 72.0 cm³/mol. The standard InChI is InChI=1S/C14H20N2O3/c15-8-9-3-1-2-4-12(9)16-14(19)11-7-10(17)5-6-13(11)18/h5-7,9,12,17-18H,1-4,8,15H2,(H,16,19). The SMILES string of the molecule is NCC1CCCCC1NC(=O)c1cc(O)ccc1O. The lowest BCUT2D eigenvalue weighted by Gasteiger charge is -2.31. The Balaban J connectivity index is 2.09. The second kappa shape index (κ2) is 5.93. The minimum absolute atomic E-state index is 0.0398. The number of phenolic OH excluding ortho intramolecular Hbond substituents is 2. The second-order valence-electron chi connectivity index (χ2n) is 5.06. The van der Waals surface area contributed by atoms with Crippen LogP contribution in [0.2, 0.25) is 0 Å². The summed E-state index contributed by atoms with van der Waals surface area (Å²) in [5.41, 5.74) is 5.82. The summed E-state index contributed by atoms with van der Waals surface area (Å²) in [4.78, 5) is 12.1. The van der Waals surface area contributed by atoms with Gasteiger partial charge in [-0.2, -0.15) is 0 Å². The van der Waals surface area contributed by atoms with Gasteiger partial charge in [-0.1, -0.05) is 12.8 Å². The zero-order chi connectivity index (χ0) is 13.8. The first-order chi connectivity index (χ1) is 9.11. The van der Waals surface area contributed by atoms with Crippen molar-refractivity contribution in [3.05, 3.63) is 23.8 Å². The van der Waals surface area contributed by atoms with Gasteiger partial charge in [-0.3, -0.25) is 4.79 Å². The molecule has 19 heavy (non-hydrogen) atoms. The number of benzene rings is 1. The molecule has 5 N–H and O–H groups in total. The number of nitrogens with one attached hydrogen (secondary N) is 1. The molecule has 0 radical (unpaired) electrons. The van der Waals surface area contributed by atoms with E-state index in [1.54, 1.807) is 0 Å². The largest absolute Gasteiger partial charge is 0.508 e. The van der Waals surface area contributed by atoms with Gasteiger partial charge in [0.2, 0.25) is 0 Å². The van der Waals surface area contributed by atoms with Crippen LogP contribution in [0.15, 0.2) is 18.2 Å². The van der Waals surface area contributed by atoms with Gasteiger partial charge in [0.15, 0.2) is 0 Å². The third-order valence-electron chi connectivity index (χ3n) is 3.75. The lowest BCUT2D eigenvalue weighted by molar-refractivity contribution is 0.0905. The van der Waals surface area contributed by atoms with E-state index in [4.69, 9.17) is 5.73 Å². The van der Waals surface area contributed by atoms with Gasteiger partial charge < -0.3 is 21.3 Å². The van der Waals surface area contributed by atoms with Gasteiger partial charge in [0, 0.05) is 6.04 Å². The van der Waals surface area contributed by atoms with Gasteiger partial charge in [0.05, 0.1) is 5.56 Å². The number of hydrogen-bond donors (Lipinski definition) is 4. The molecule has 0 saturated heterocycles. The van der Waals surface area contributed by atoms with Crippen molar-refractivity contribution in [2.45, 2.75) is 31.7 Å². The normalized spacial score (nSPS) is 23.0. The number of nitrogens with two attached hydrogens (primary N) is 1. The third-order valence-corrected chi connectivity index (χ3v) is 3.75. The highest BCUT2D eigenvalue weighted by molar-refractivity contribution is 5.97. The summed E-state index contributed by atoms with van der Waals surface area (Å²) in [5, 5.41) is 22.0. The van der Waals surface area contributed by atoms with E-state index in [1.807, 2.05) is 0 Å². The molecule has 1 aromatic rings. The molecule has 0 spiro atoms. The minimum atomic E-state index is -0.362. The Bertz CT molecular complexity index is 462. The van der Waals surface area contributed by atoms with E-state index < -0.39 is 0 Å². The molecule has 2 rings (SSSR count). The van der Waals surface area contributed by atoms with E-state index in [2.05, 4.69) is 5.32 Å². The highest BCUT2D eigenvalue weighted by Gasteiger charge is 2.26. The lowest BCUT2D eigenvalue weighted by atomic mass is 9.84. The third kappa shape index (κ3) is 3.17. The summed E-state index contributed by atoms with van der Waals surface area (Å²) in [5.74, 6) is -0.242. The van der Waals surface area contributed by atoms with Gasteiger partial charge in [-0.15, -0.1) is 0 Å². The summed E-state index contributed by atoms with van der Waals surface area (Å²) in [6, 6.07) is 3.97. The summed E-state index contributed by atoms with van der Waals surface area (Å²) in [6.07, 6.45) is 4.15. The number of carbonyl (C=O) groups is 1. The van der Waals surface area contributed by atoms with Gasteiger partial charge in [0.25, 0.3) is 5.91 Å². The molecule has 1 fully saturated rings. The first-order valence-corrected chi connectivity index (χ1v) is 6.64. The van der Waals surface area contributed by atoms with Crippen molar-refractivity contribution in [1.29, 1.82) is 0 Å². The molecule has 1 amide bonds. The average molecular weight is 264 g/mol. The minimum Gasteiger partial charge on any atom is -0.508 e. The number of rotatable bonds is 3. The first kappa shape index (κ1) is 13.7. The van der Waals surface area contributed by atoms with E-state index in [-0.39, 0.29) is 34.9 Å². The maximum absolute atomic E-state index is 12.1. The molecule has 1 aromatic carbocycles. The quantitative estimate of drug-likeness (QED) is 0.620. The predicted octanol–water partition coefficient (Wildman–Crippen LogP) is 1.35. The summed E-state index contributed by atoms with van der Waals surface area (Å²) >= 11 is 0. The molecule has 0 bridgehead atoms. The van der Waals surface area contributed by atoms with Crippen LogP contribution in [0, 0.1) is 5.92 Å². The van der Waals surface area contributed by atoms with E-state index in [1.165, 1.54) is 18.2 Å². The fraction of sp³-hybridized carbons (Fsp3) is 0.500. The molecule has 1 aliphatic rings. The number of aromatic hydroxyl groups is 2. The Morgan fingerprint density at radius 1 is 1.32 bits per heavy atom. The molecule has 5 nitrogen and oxygen atoms in total.